The van der Waals surface area contributed by atoms with Crippen molar-refractivity contribution in [1.29, 1.82) is 0 Å². The van der Waals surface area contributed by atoms with Crippen LogP contribution in [0.5, 0.6) is 0 Å². The minimum atomic E-state index is -2.19. The summed E-state index contributed by atoms with van der Waals surface area (Å²) < 4.78 is 14.8. The van der Waals surface area contributed by atoms with Gasteiger partial charge in [-0.15, -0.1) is 33.2 Å². The summed E-state index contributed by atoms with van der Waals surface area (Å²) in [5, 5.41) is 0. The van der Waals surface area contributed by atoms with Crippen molar-refractivity contribution in [2.45, 2.75) is 13.1 Å². The minimum Gasteiger partial charge on any atom is -0.377 e. The van der Waals surface area contributed by atoms with E-state index in [1.165, 1.54) is 0 Å². The first kappa shape index (κ1) is 16.6. The summed E-state index contributed by atoms with van der Waals surface area (Å²) in [4.78, 5) is 0. The monoisotopic (exact) mass is 284 g/mol. The summed E-state index contributed by atoms with van der Waals surface area (Å²) in [6.45, 7) is 3.45. The normalized spacial score (nSPS) is 12.0. The van der Waals surface area contributed by atoms with Crippen LogP contribution in [0.1, 0.15) is 0 Å². The molecule has 8 heteroatoms. The summed E-state index contributed by atoms with van der Waals surface area (Å²) in [5.74, 6) is 0. The van der Waals surface area contributed by atoms with Gasteiger partial charge in [0.2, 0.25) is 0 Å². The average molecular weight is 286 g/mol. The lowest BCUT2D eigenvalue weighted by Crippen LogP contribution is -2.38. The number of rotatable bonds is 3. The molecule has 3 nitrogen and oxygen atoms in total. The molecule has 13 heavy (non-hydrogen) atoms. The molecule has 0 fully saturated rings. The van der Waals surface area contributed by atoms with E-state index in [1.54, 1.807) is 27.9 Å². The van der Waals surface area contributed by atoms with E-state index in [9.17, 15) is 0 Å². The van der Waals surface area contributed by atoms with Crippen molar-refractivity contribution in [3.63, 3.8) is 0 Å². The number of hydrogen-bond donors (Lipinski definition) is 0. The molecule has 0 N–H and O–H groups in total. The summed E-state index contributed by atoms with van der Waals surface area (Å²) in [6, 6.07) is -2.19. The summed E-state index contributed by atoms with van der Waals surface area (Å²) in [5.41, 5.74) is 0. The average Bonchev–Trinajstić information content (AvgIpc) is 2.00. The maximum absolute atomic E-state index is 5.20. The Kier molecular flexibility index (Phi) is 9.55. The van der Waals surface area contributed by atoms with E-state index >= 15 is 0 Å². The summed E-state index contributed by atoms with van der Waals surface area (Å²) >= 11 is 15.6. The quantitative estimate of drug-likeness (QED) is 0.589. The van der Waals surface area contributed by atoms with Crippen LogP contribution in [0, 0.1) is 0 Å². The van der Waals surface area contributed by atoms with Gasteiger partial charge in [-0.3, -0.25) is 0 Å². The molecule has 0 aromatic heterocycles. The van der Waals surface area contributed by atoms with Gasteiger partial charge < -0.3 is 13.3 Å². The van der Waals surface area contributed by atoms with Crippen LogP contribution in [0.15, 0.2) is 0 Å². The predicted octanol–water partition coefficient (Wildman–Crippen LogP) is 2.77. The molecule has 0 saturated heterocycles. The Morgan fingerprint density at radius 2 is 0.923 bits per heavy atom. The third kappa shape index (κ3) is 15.9. The van der Waals surface area contributed by atoms with Crippen LogP contribution in [0.4, 0.5) is 0 Å². The molecule has 0 rings (SSSR count). The van der Waals surface area contributed by atoms with Crippen molar-refractivity contribution in [1.82, 2.24) is 0 Å². The van der Waals surface area contributed by atoms with Gasteiger partial charge in [0.05, 0.1) is 0 Å². The van der Waals surface area contributed by atoms with E-state index < -0.39 is 14.8 Å². The zero-order chi connectivity index (χ0) is 11.1. The van der Waals surface area contributed by atoms with Gasteiger partial charge >= 0.3 is 14.8 Å². The first-order valence-corrected chi connectivity index (χ1v) is 11.2. The summed E-state index contributed by atoms with van der Waals surface area (Å²) in [7, 11) is 2.58. The van der Waals surface area contributed by atoms with E-state index in [1.807, 2.05) is 6.55 Å². The van der Waals surface area contributed by atoms with Crippen LogP contribution >= 0.6 is 33.2 Å². The second-order valence-electron chi connectivity index (χ2n) is 2.26. The molecule has 0 bridgehead atoms. The maximum atomic E-state index is 5.20. The Labute approximate surface area is 95.7 Å². The third-order valence-corrected chi connectivity index (χ3v) is 3.34. The van der Waals surface area contributed by atoms with Crippen molar-refractivity contribution < 1.29 is 13.3 Å². The van der Waals surface area contributed by atoms with Crippen LogP contribution in [-0.2, 0) is 13.3 Å². The van der Waals surface area contributed by atoms with Gasteiger partial charge in [0, 0.05) is 27.9 Å². The molecular formula is C5H15Cl3O3Si2. The van der Waals surface area contributed by atoms with Crippen molar-refractivity contribution in [3.8, 4) is 0 Å². The van der Waals surface area contributed by atoms with Crippen LogP contribution in [-0.4, -0.2) is 36.1 Å². The Balaban J connectivity index is 0. The lowest BCUT2D eigenvalue weighted by atomic mass is 11.8. The molecule has 0 saturated carbocycles. The third-order valence-electron chi connectivity index (χ3n) is 1.11. The molecule has 0 aliphatic heterocycles. The Bertz CT molecular complexity index is 112. The van der Waals surface area contributed by atoms with E-state index in [0.717, 1.165) is 0 Å². The van der Waals surface area contributed by atoms with E-state index in [-0.39, 0.29) is 0 Å². The molecule has 0 atom stereocenters. The molecule has 0 heterocycles. The van der Waals surface area contributed by atoms with Gasteiger partial charge in [-0.2, -0.15) is 0 Å². The van der Waals surface area contributed by atoms with Gasteiger partial charge in [0.25, 0.3) is 0 Å². The van der Waals surface area contributed by atoms with Crippen LogP contribution in [0.3, 0.4) is 0 Å². The smallest absolute Gasteiger partial charge is 0.377 e. The molecular weight excluding hydrogens is 271 g/mol. The fraction of sp³-hybridized carbons (Fsp3) is 1.00. The van der Waals surface area contributed by atoms with Crippen molar-refractivity contribution >= 4 is 48.0 Å². The zero-order valence-electron chi connectivity index (χ0n) is 8.36. The molecule has 0 aliphatic carbocycles. The molecule has 0 aromatic carbocycles. The van der Waals surface area contributed by atoms with E-state index in [0.29, 0.717) is 0 Å². The van der Waals surface area contributed by atoms with Crippen molar-refractivity contribution in [2.75, 3.05) is 21.3 Å². The molecule has 0 amide bonds. The highest BCUT2D eigenvalue weighted by Crippen LogP contribution is 2.17. The van der Waals surface area contributed by atoms with Crippen LogP contribution < -0.4 is 0 Å². The lowest BCUT2D eigenvalue weighted by molar-refractivity contribution is 0.132. The highest BCUT2D eigenvalue weighted by molar-refractivity contribution is 7.64. The van der Waals surface area contributed by atoms with E-state index in [2.05, 4.69) is 0 Å². The number of halogens is 3. The van der Waals surface area contributed by atoms with Crippen molar-refractivity contribution in [2.24, 2.45) is 0 Å². The van der Waals surface area contributed by atoms with Gasteiger partial charge in [-0.05, 0) is 6.55 Å². The standard InChI is InChI=1S/C4H12O3Si.CH3Cl3Si/c1-5-8(4,6-2)7-3;1-5(2,3)4/h1-4H3;1H3. The predicted molar refractivity (Wildman–Crippen MR) is 61.8 cm³/mol. The maximum Gasteiger partial charge on any atom is 0.496 e. The lowest BCUT2D eigenvalue weighted by Gasteiger charge is -2.18. The van der Waals surface area contributed by atoms with Gasteiger partial charge in [0.15, 0.2) is 0 Å². The second kappa shape index (κ2) is 7.47. The highest BCUT2D eigenvalue weighted by atomic mass is 35.8. The van der Waals surface area contributed by atoms with Crippen LogP contribution in [0.2, 0.25) is 13.1 Å². The van der Waals surface area contributed by atoms with Gasteiger partial charge in [-0.1, -0.05) is 0 Å². The zero-order valence-corrected chi connectivity index (χ0v) is 12.6. The Hall–Kier alpha value is 1.18. The van der Waals surface area contributed by atoms with Gasteiger partial charge in [0.1, 0.15) is 0 Å². The largest absolute Gasteiger partial charge is 0.496 e. The Morgan fingerprint density at radius 3 is 0.923 bits per heavy atom. The molecule has 0 aliphatic rings. The highest BCUT2D eigenvalue weighted by Gasteiger charge is 2.29. The molecule has 0 spiro atoms. The molecule has 82 valence electrons. The first-order valence-electron chi connectivity index (χ1n) is 3.40. The fourth-order valence-electron chi connectivity index (χ4n) is 0.250. The Morgan fingerprint density at radius 1 is 0.769 bits per heavy atom. The summed E-state index contributed by atoms with van der Waals surface area (Å²) in [6.07, 6.45) is 0. The fourth-order valence-corrected chi connectivity index (χ4v) is 0.750. The number of hydrogen-bond acceptors (Lipinski definition) is 3. The molecule has 0 aromatic rings. The van der Waals surface area contributed by atoms with E-state index in [4.69, 9.17) is 46.5 Å². The molecule has 0 unspecified atom stereocenters. The van der Waals surface area contributed by atoms with Gasteiger partial charge in [-0.25, -0.2) is 0 Å². The van der Waals surface area contributed by atoms with Crippen LogP contribution in [0.25, 0.3) is 0 Å². The minimum absolute atomic E-state index is 1.58. The second-order valence-corrected chi connectivity index (χ2v) is 15.3. The molecule has 0 radical (unpaired) electrons. The SMILES string of the molecule is CO[Si](C)(OC)OC.C[Si](Cl)(Cl)Cl. The van der Waals surface area contributed by atoms with Crippen molar-refractivity contribution in [3.05, 3.63) is 0 Å². The first-order chi connectivity index (χ1) is 5.68. The topological polar surface area (TPSA) is 27.7 Å².